The second kappa shape index (κ2) is 9.75. The highest BCUT2D eigenvalue weighted by Gasteiger charge is 2.23. The lowest BCUT2D eigenvalue weighted by molar-refractivity contribution is 0.0932. The van der Waals surface area contributed by atoms with Crippen LogP contribution in [0.25, 0.3) is 0 Å². The molecule has 0 fully saturated rings. The highest BCUT2D eigenvalue weighted by molar-refractivity contribution is 7.92. The number of aryl methyl sites for hydroxylation is 1. The molecule has 0 heterocycles. The maximum absolute atomic E-state index is 12.9. The molecule has 33 heavy (non-hydrogen) atoms. The molecule has 1 aliphatic rings. The molecule has 1 atom stereocenters. The molecule has 4 rings (SSSR count). The van der Waals surface area contributed by atoms with Gasteiger partial charge in [0.1, 0.15) is 0 Å². The van der Waals surface area contributed by atoms with Crippen LogP contribution in [0.1, 0.15) is 45.9 Å². The van der Waals surface area contributed by atoms with Crippen LogP contribution in [0.3, 0.4) is 0 Å². The molecule has 5 nitrogen and oxygen atoms in total. The van der Waals surface area contributed by atoms with Crippen molar-refractivity contribution in [2.24, 2.45) is 0 Å². The van der Waals surface area contributed by atoms with Gasteiger partial charge in [0.05, 0.1) is 24.5 Å². The SMILES string of the molecule is CS(=O)(=O)N(Cc1c(Cl)cccc1Cl)c1ccc(C(=O)N[C@@H]2CCCc3ccccc32)cc1. The molecule has 1 aliphatic carbocycles. The van der Waals surface area contributed by atoms with E-state index in [0.29, 0.717) is 26.9 Å². The first kappa shape index (κ1) is 23.6. The van der Waals surface area contributed by atoms with Gasteiger partial charge in [-0.1, -0.05) is 53.5 Å². The Hall–Kier alpha value is -2.54. The molecular formula is C25H24Cl2N2O3S. The molecule has 0 radical (unpaired) electrons. The van der Waals surface area contributed by atoms with Gasteiger partial charge in [-0.2, -0.15) is 0 Å². The van der Waals surface area contributed by atoms with Crippen LogP contribution in [0.4, 0.5) is 5.69 Å². The molecule has 3 aromatic carbocycles. The molecule has 3 aromatic rings. The van der Waals surface area contributed by atoms with Gasteiger partial charge in [0.2, 0.25) is 10.0 Å². The molecule has 1 amide bonds. The molecule has 172 valence electrons. The standard InChI is InChI=1S/C25H24Cl2N2O3S/c1-33(31,32)29(16-21-22(26)9-5-10-23(21)27)19-14-12-18(13-15-19)25(30)28-24-11-4-7-17-6-2-3-8-20(17)24/h2-3,5-6,8-10,12-15,24H,4,7,11,16H2,1H3,(H,28,30)/t24-/m1/s1. The number of carbonyl (C=O) groups excluding carboxylic acids is 1. The van der Waals surface area contributed by atoms with E-state index >= 15 is 0 Å². The number of carbonyl (C=O) groups is 1. The average molecular weight is 503 g/mol. The summed E-state index contributed by atoms with van der Waals surface area (Å²) in [5.74, 6) is -0.191. The summed E-state index contributed by atoms with van der Waals surface area (Å²) in [6.07, 6.45) is 4.06. The fourth-order valence-corrected chi connectivity index (χ4v) is 5.54. The first-order chi connectivity index (χ1) is 15.7. The number of amides is 1. The van der Waals surface area contributed by atoms with E-state index in [1.807, 2.05) is 12.1 Å². The summed E-state index contributed by atoms with van der Waals surface area (Å²) in [5, 5.41) is 3.90. The van der Waals surface area contributed by atoms with Crippen LogP contribution in [0, 0.1) is 0 Å². The van der Waals surface area contributed by atoms with Crippen LogP contribution in [-0.2, 0) is 23.0 Å². The molecule has 0 aliphatic heterocycles. The number of nitrogens with zero attached hydrogens (tertiary/aromatic N) is 1. The second-order valence-corrected chi connectivity index (χ2v) is 10.9. The summed E-state index contributed by atoms with van der Waals surface area (Å²) in [6, 6.07) is 19.7. The van der Waals surface area contributed by atoms with Crippen molar-refractivity contribution in [2.75, 3.05) is 10.6 Å². The minimum absolute atomic E-state index is 0.0122. The van der Waals surface area contributed by atoms with E-state index in [-0.39, 0.29) is 18.5 Å². The van der Waals surface area contributed by atoms with Crippen molar-refractivity contribution in [2.45, 2.75) is 31.8 Å². The highest BCUT2D eigenvalue weighted by Crippen LogP contribution is 2.31. The summed E-state index contributed by atoms with van der Waals surface area (Å²) >= 11 is 12.5. The fraction of sp³-hybridized carbons (Fsp3) is 0.240. The summed E-state index contributed by atoms with van der Waals surface area (Å²) < 4.78 is 26.3. The van der Waals surface area contributed by atoms with Crippen molar-refractivity contribution in [3.05, 3.63) is 99.0 Å². The molecule has 0 bridgehead atoms. The third-order valence-corrected chi connectivity index (χ3v) is 7.70. The minimum Gasteiger partial charge on any atom is -0.345 e. The summed E-state index contributed by atoms with van der Waals surface area (Å²) in [4.78, 5) is 12.9. The van der Waals surface area contributed by atoms with Gasteiger partial charge < -0.3 is 5.32 Å². The van der Waals surface area contributed by atoms with Crippen LogP contribution >= 0.6 is 23.2 Å². The molecule has 8 heteroatoms. The number of rotatable bonds is 6. The Morgan fingerprint density at radius 3 is 2.33 bits per heavy atom. The zero-order valence-corrected chi connectivity index (χ0v) is 20.4. The lowest BCUT2D eigenvalue weighted by Gasteiger charge is -2.26. The minimum atomic E-state index is -3.62. The van der Waals surface area contributed by atoms with Gasteiger partial charge in [-0.25, -0.2) is 8.42 Å². The number of halogens is 2. The van der Waals surface area contributed by atoms with Crippen LogP contribution in [0.2, 0.25) is 10.0 Å². The normalized spacial score (nSPS) is 15.5. The maximum Gasteiger partial charge on any atom is 0.251 e. The maximum atomic E-state index is 12.9. The zero-order chi connectivity index (χ0) is 23.6. The molecule has 0 spiro atoms. The van der Waals surface area contributed by atoms with E-state index < -0.39 is 10.0 Å². The Morgan fingerprint density at radius 1 is 1.00 bits per heavy atom. The molecule has 0 aromatic heterocycles. The van der Waals surface area contributed by atoms with E-state index in [1.165, 1.54) is 9.87 Å². The Labute approximate surface area is 204 Å². The van der Waals surface area contributed by atoms with E-state index in [9.17, 15) is 13.2 Å². The smallest absolute Gasteiger partial charge is 0.251 e. The van der Waals surface area contributed by atoms with Crippen molar-refractivity contribution >= 4 is 44.8 Å². The predicted octanol–water partition coefficient (Wildman–Crippen LogP) is 5.77. The van der Waals surface area contributed by atoms with Crippen molar-refractivity contribution < 1.29 is 13.2 Å². The Balaban J connectivity index is 1.54. The summed E-state index contributed by atoms with van der Waals surface area (Å²) in [7, 11) is -3.62. The molecule has 0 saturated carbocycles. The van der Waals surface area contributed by atoms with Crippen LogP contribution < -0.4 is 9.62 Å². The first-order valence-electron chi connectivity index (χ1n) is 10.6. The van der Waals surface area contributed by atoms with Gasteiger partial charge in [-0.15, -0.1) is 0 Å². The van der Waals surface area contributed by atoms with Gasteiger partial charge in [0.25, 0.3) is 5.91 Å². The lowest BCUT2D eigenvalue weighted by Crippen LogP contribution is -2.31. The number of anilines is 1. The van der Waals surface area contributed by atoms with Gasteiger partial charge >= 0.3 is 0 Å². The Bertz CT molecular complexity index is 1260. The van der Waals surface area contributed by atoms with Crippen molar-refractivity contribution in [3.8, 4) is 0 Å². The van der Waals surface area contributed by atoms with E-state index in [2.05, 4.69) is 17.4 Å². The van der Waals surface area contributed by atoms with E-state index in [1.54, 1.807) is 42.5 Å². The van der Waals surface area contributed by atoms with Crippen molar-refractivity contribution in [1.82, 2.24) is 5.32 Å². The predicted molar refractivity (Wildman–Crippen MR) is 134 cm³/mol. The number of hydrogen-bond donors (Lipinski definition) is 1. The van der Waals surface area contributed by atoms with E-state index in [0.717, 1.165) is 31.1 Å². The largest absolute Gasteiger partial charge is 0.345 e. The van der Waals surface area contributed by atoms with Crippen molar-refractivity contribution in [1.29, 1.82) is 0 Å². The monoisotopic (exact) mass is 502 g/mol. The second-order valence-electron chi connectivity index (χ2n) is 8.13. The van der Waals surface area contributed by atoms with Gasteiger partial charge in [0, 0.05) is 21.2 Å². The fourth-order valence-electron chi connectivity index (χ4n) is 4.15. The summed E-state index contributed by atoms with van der Waals surface area (Å²) in [5.41, 5.74) is 3.84. The average Bonchev–Trinajstić information content (AvgIpc) is 2.78. The Morgan fingerprint density at radius 2 is 1.67 bits per heavy atom. The molecule has 1 N–H and O–H groups in total. The number of sulfonamides is 1. The molecule has 0 saturated heterocycles. The summed E-state index contributed by atoms with van der Waals surface area (Å²) in [6.45, 7) is -0.0122. The van der Waals surface area contributed by atoms with Crippen LogP contribution in [0.5, 0.6) is 0 Å². The molecule has 0 unspecified atom stereocenters. The van der Waals surface area contributed by atoms with Gasteiger partial charge in [-0.05, 0) is 66.8 Å². The lowest BCUT2D eigenvalue weighted by atomic mass is 9.87. The number of nitrogens with one attached hydrogen (secondary N) is 1. The van der Waals surface area contributed by atoms with Crippen LogP contribution in [0.15, 0.2) is 66.7 Å². The molecular weight excluding hydrogens is 479 g/mol. The number of fused-ring (bicyclic) bond motifs is 1. The van der Waals surface area contributed by atoms with E-state index in [4.69, 9.17) is 23.2 Å². The topological polar surface area (TPSA) is 66.5 Å². The quantitative estimate of drug-likeness (QED) is 0.465. The van der Waals surface area contributed by atoms with Crippen LogP contribution in [-0.4, -0.2) is 20.6 Å². The number of hydrogen-bond acceptors (Lipinski definition) is 3. The zero-order valence-electron chi connectivity index (χ0n) is 18.1. The van der Waals surface area contributed by atoms with Gasteiger partial charge in [0.15, 0.2) is 0 Å². The third kappa shape index (κ3) is 5.35. The Kier molecular flexibility index (Phi) is 6.98. The first-order valence-corrected chi connectivity index (χ1v) is 13.2. The van der Waals surface area contributed by atoms with Crippen molar-refractivity contribution in [3.63, 3.8) is 0 Å². The van der Waals surface area contributed by atoms with Gasteiger partial charge in [-0.3, -0.25) is 9.10 Å². The number of benzene rings is 3. The highest BCUT2D eigenvalue weighted by atomic mass is 35.5. The third-order valence-electron chi connectivity index (χ3n) is 5.86.